The topological polar surface area (TPSA) is 110 Å². The average Bonchev–Trinajstić information content (AvgIpc) is 2.37. The number of hydrogen-bond acceptors (Lipinski definition) is 4. The van der Waals surface area contributed by atoms with Gasteiger partial charge in [0.05, 0.1) is 5.56 Å². The molecule has 0 radical (unpaired) electrons. The first-order valence-electron chi connectivity index (χ1n) is 5.91. The summed E-state index contributed by atoms with van der Waals surface area (Å²) in [5.74, 6) is -1.18. The number of nitrogen functional groups attached to an aromatic ring is 1. The van der Waals surface area contributed by atoms with Gasteiger partial charge in [0.1, 0.15) is 5.82 Å². The van der Waals surface area contributed by atoms with E-state index < -0.39 is 21.9 Å². The molecule has 1 saturated heterocycles. The largest absolute Gasteiger partial charge is 0.399 e. The second kappa shape index (κ2) is 5.35. The normalized spacial score (nSPS) is 17.2. The molecular weight excluding hydrogens is 287 g/mol. The van der Waals surface area contributed by atoms with E-state index >= 15 is 0 Å². The molecule has 1 amide bonds. The average molecular weight is 302 g/mol. The van der Waals surface area contributed by atoms with E-state index in [0.29, 0.717) is 0 Å². The van der Waals surface area contributed by atoms with Crippen molar-refractivity contribution in [2.75, 3.05) is 31.9 Å². The van der Waals surface area contributed by atoms with E-state index in [0.717, 1.165) is 10.4 Å². The molecule has 1 aliphatic heterocycles. The van der Waals surface area contributed by atoms with Crippen LogP contribution in [0.1, 0.15) is 10.4 Å². The number of nitrogens with two attached hydrogens (primary N) is 2. The highest BCUT2D eigenvalue weighted by Gasteiger charge is 2.28. The maximum atomic E-state index is 13.7. The highest BCUT2D eigenvalue weighted by atomic mass is 32.2. The standard InChI is InChI=1S/C11H15FN4O3S/c12-10-7-8(13)1-2-9(10)11(17)15-3-5-16(6-4-15)20(14,18)19/h1-2,7H,3-6,13H2,(H2,14,18,19). The van der Waals surface area contributed by atoms with E-state index in [1.807, 2.05) is 0 Å². The van der Waals surface area contributed by atoms with Gasteiger partial charge < -0.3 is 10.6 Å². The van der Waals surface area contributed by atoms with Crippen LogP contribution in [0.4, 0.5) is 10.1 Å². The van der Waals surface area contributed by atoms with Gasteiger partial charge in [-0.25, -0.2) is 9.53 Å². The van der Waals surface area contributed by atoms with Crippen molar-refractivity contribution >= 4 is 21.8 Å². The lowest BCUT2D eigenvalue weighted by Gasteiger charge is -2.33. The third kappa shape index (κ3) is 3.06. The minimum absolute atomic E-state index is 0.0803. The van der Waals surface area contributed by atoms with Crippen LogP contribution in [0.25, 0.3) is 0 Å². The van der Waals surface area contributed by atoms with Crippen molar-refractivity contribution in [1.82, 2.24) is 9.21 Å². The molecule has 7 nitrogen and oxygen atoms in total. The van der Waals surface area contributed by atoms with Crippen LogP contribution < -0.4 is 10.9 Å². The quantitative estimate of drug-likeness (QED) is 0.709. The van der Waals surface area contributed by atoms with Crippen LogP contribution in [-0.4, -0.2) is 49.7 Å². The van der Waals surface area contributed by atoms with E-state index in [2.05, 4.69) is 0 Å². The summed E-state index contributed by atoms with van der Waals surface area (Å²) in [5, 5.41) is 5.00. The molecule has 9 heteroatoms. The number of benzene rings is 1. The van der Waals surface area contributed by atoms with Crippen LogP contribution in [-0.2, 0) is 10.2 Å². The summed E-state index contributed by atoms with van der Waals surface area (Å²) in [7, 11) is -3.75. The van der Waals surface area contributed by atoms with Gasteiger partial charge in [-0.05, 0) is 18.2 Å². The summed E-state index contributed by atoms with van der Waals surface area (Å²) in [6, 6.07) is 3.84. The van der Waals surface area contributed by atoms with Crippen LogP contribution in [0.15, 0.2) is 18.2 Å². The highest BCUT2D eigenvalue weighted by molar-refractivity contribution is 7.86. The molecule has 0 atom stereocenters. The zero-order chi connectivity index (χ0) is 14.9. The Morgan fingerprint density at radius 2 is 1.80 bits per heavy atom. The maximum absolute atomic E-state index is 13.7. The number of anilines is 1. The number of carbonyl (C=O) groups excluding carboxylic acids is 1. The van der Waals surface area contributed by atoms with E-state index in [1.54, 1.807) is 0 Å². The number of amides is 1. The first-order valence-corrected chi connectivity index (χ1v) is 7.41. The minimum atomic E-state index is -3.75. The van der Waals surface area contributed by atoms with Crippen molar-refractivity contribution in [2.45, 2.75) is 0 Å². The van der Waals surface area contributed by atoms with E-state index in [4.69, 9.17) is 10.9 Å². The third-order valence-electron chi connectivity index (χ3n) is 3.11. The van der Waals surface area contributed by atoms with Crippen molar-refractivity contribution in [3.8, 4) is 0 Å². The Hall–Kier alpha value is -1.71. The molecule has 1 aliphatic rings. The van der Waals surface area contributed by atoms with Gasteiger partial charge in [0.2, 0.25) is 0 Å². The molecule has 1 aromatic carbocycles. The summed E-state index contributed by atoms with van der Waals surface area (Å²) in [6.07, 6.45) is 0. The van der Waals surface area contributed by atoms with Crippen LogP contribution in [0.2, 0.25) is 0 Å². The molecule has 1 aromatic rings. The Labute approximate surface area is 116 Å². The Morgan fingerprint density at radius 1 is 1.20 bits per heavy atom. The molecule has 110 valence electrons. The smallest absolute Gasteiger partial charge is 0.277 e. The lowest BCUT2D eigenvalue weighted by atomic mass is 10.1. The summed E-state index contributed by atoms with van der Waals surface area (Å²) < 4.78 is 37.0. The predicted molar refractivity (Wildman–Crippen MR) is 71.4 cm³/mol. The fourth-order valence-electron chi connectivity index (χ4n) is 2.02. The number of halogens is 1. The van der Waals surface area contributed by atoms with Gasteiger partial charge in [0, 0.05) is 31.9 Å². The number of rotatable bonds is 2. The first kappa shape index (κ1) is 14.7. The minimum Gasteiger partial charge on any atom is -0.399 e. The van der Waals surface area contributed by atoms with Crippen LogP contribution in [0.3, 0.4) is 0 Å². The van der Waals surface area contributed by atoms with Crippen molar-refractivity contribution in [3.05, 3.63) is 29.6 Å². The number of hydrogen-bond donors (Lipinski definition) is 2. The molecule has 0 unspecified atom stereocenters. The summed E-state index contributed by atoms with van der Waals surface area (Å²) in [6.45, 7) is 0.528. The Morgan fingerprint density at radius 3 is 2.30 bits per heavy atom. The zero-order valence-corrected chi connectivity index (χ0v) is 11.4. The molecule has 0 bridgehead atoms. The molecule has 20 heavy (non-hydrogen) atoms. The highest BCUT2D eigenvalue weighted by Crippen LogP contribution is 2.15. The van der Waals surface area contributed by atoms with Crippen molar-refractivity contribution in [1.29, 1.82) is 0 Å². The summed E-state index contributed by atoms with van der Waals surface area (Å²) in [4.78, 5) is 13.5. The molecule has 1 fully saturated rings. The molecule has 0 aliphatic carbocycles. The lowest BCUT2D eigenvalue weighted by Crippen LogP contribution is -2.52. The van der Waals surface area contributed by atoms with Gasteiger partial charge >= 0.3 is 0 Å². The van der Waals surface area contributed by atoms with Crippen molar-refractivity contribution < 1.29 is 17.6 Å². The SMILES string of the molecule is Nc1ccc(C(=O)N2CCN(S(N)(=O)=O)CC2)c(F)c1. The summed E-state index contributed by atoms with van der Waals surface area (Å²) >= 11 is 0. The second-order valence-corrected chi connectivity index (χ2v) is 6.02. The predicted octanol–water partition coefficient (Wildman–Crippen LogP) is -0.631. The molecule has 0 spiro atoms. The van der Waals surface area contributed by atoms with E-state index in [1.165, 1.54) is 17.0 Å². The van der Waals surface area contributed by atoms with Crippen molar-refractivity contribution in [3.63, 3.8) is 0 Å². The first-order chi connectivity index (χ1) is 9.29. The fourth-order valence-corrected chi connectivity index (χ4v) is 2.69. The van der Waals surface area contributed by atoms with Crippen LogP contribution >= 0.6 is 0 Å². The molecule has 0 aromatic heterocycles. The summed E-state index contributed by atoms with van der Waals surface area (Å²) in [5.41, 5.74) is 5.57. The van der Waals surface area contributed by atoms with Gasteiger partial charge in [-0.2, -0.15) is 12.7 Å². The van der Waals surface area contributed by atoms with Crippen LogP contribution in [0, 0.1) is 5.82 Å². The molecule has 2 rings (SSSR count). The Balaban J connectivity index is 2.09. The van der Waals surface area contributed by atoms with Gasteiger partial charge in [-0.15, -0.1) is 0 Å². The van der Waals surface area contributed by atoms with Gasteiger partial charge in [0.15, 0.2) is 0 Å². The number of carbonyl (C=O) groups is 1. The van der Waals surface area contributed by atoms with Gasteiger partial charge in [-0.1, -0.05) is 0 Å². The Kier molecular flexibility index (Phi) is 3.93. The van der Waals surface area contributed by atoms with Gasteiger partial charge in [-0.3, -0.25) is 4.79 Å². The van der Waals surface area contributed by atoms with Crippen LogP contribution in [0.5, 0.6) is 0 Å². The fraction of sp³-hybridized carbons (Fsp3) is 0.364. The monoisotopic (exact) mass is 302 g/mol. The molecule has 4 N–H and O–H groups in total. The molecule has 1 heterocycles. The number of nitrogens with zero attached hydrogens (tertiary/aromatic N) is 2. The number of piperazine rings is 1. The van der Waals surface area contributed by atoms with E-state index in [-0.39, 0.29) is 37.4 Å². The second-order valence-electron chi connectivity index (χ2n) is 4.48. The van der Waals surface area contributed by atoms with Gasteiger partial charge in [0.25, 0.3) is 16.1 Å². The maximum Gasteiger partial charge on any atom is 0.277 e. The van der Waals surface area contributed by atoms with E-state index in [9.17, 15) is 17.6 Å². The lowest BCUT2D eigenvalue weighted by molar-refractivity contribution is 0.0693. The molecule has 0 saturated carbocycles. The third-order valence-corrected chi connectivity index (χ3v) is 4.19. The Bertz CT molecular complexity index is 627. The van der Waals surface area contributed by atoms with Crippen molar-refractivity contribution in [2.24, 2.45) is 5.14 Å². The zero-order valence-electron chi connectivity index (χ0n) is 10.6. The molecular formula is C11H15FN4O3S.